The number of rotatable bonds is 4. The summed E-state index contributed by atoms with van der Waals surface area (Å²) in [6.45, 7) is 8.36. The predicted molar refractivity (Wildman–Crippen MR) is 71.3 cm³/mol. The summed E-state index contributed by atoms with van der Waals surface area (Å²) in [7, 11) is 0. The molecule has 0 aliphatic heterocycles. The van der Waals surface area contributed by atoms with Crippen LogP contribution in [0.15, 0.2) is 18.2 Å². The summed E-state index contributed by atoms with van der Waals surface area (Å²) in [5.74, 6) is -0.922. The van der Waals surface area contributed by atoms with E-state index < -0.39 is 5.97 Å². The van der Waals surface area contributed by atoms with Crippen LogP contribution >= 0.6 is 0 Å². The highest BCUT2D eigenvalue weighted by molar-refractivity contribution is 5.90. The van der Waals surface area contributed by atoms with Crippen LogP contribution in [0.3, 0.4) is 0 Å². The van der Waals surface area contributed by atoms with Crippen molar-refractivity contribution >= 4 is 5.97 Å². The summed E-state index contributed by atoms with van der Waals surface area (Å²) in [4.78, 5) is 11.3. The van der Waals surface area contributed by atoms with E-state index in [2.05, 4.69) is 0 Å². The van der Waals surface area contributed by atoms with Crippen LogP contribution in [-0.4, -0.2) is 23.3 Å². The van der Waals surface area contributed by atoms with Gasteiger partial charge in [0.1, 0.15) is 12.2 Å². The third-order valence-electron chi connectivity index (χ3n) is 3.04. The predicted octanol–water partition coefficient (Wildman–Crippen LogP) is 3.33. The van der Waals surface area contributed by atoms with E-state index in [1.165, 1.54) is 0 Å². The summed E-state index contributed by atoms with van der Waals surface area (Å²) < 4.78 is 11.8. The fraction of sp³-hybridized carbons (Fsp3) is 0.533. The SMILES string of the molecule is CCOC1c2ccc(c(C(=O)O)c2)C1OC(C)(C)C. The first kappa shape index (κ1) is 14.0. The molecular weight excluding hydrogens is 244 g/mol. The molecule has 1 aromatic carbocycles. The minimum Gasteiger partial charge on any atom is -0.478 e. The summed E-state index contributed by atoms with van der Waals surface area (Å²) in [5, 5.41) is 9.26. The highest BCUT2D eigenvalue weighted by Gasteiger charge is 2.37. The van der Waals surface area contributed by atoms with Crippen molar-refractivity contribution in [1.29, 1.82) is 0 Å². The fourth-order valence-corrected chi connectivity index (χ4v) is 2.39. The lowest BCUT2D eigenvalue weighted by atomic mass is 9.85. The first-order chi connectivity index (χ1) is 8.83. The lowest BCUT2D eigenvalue weighted by Crippen LogP contribution is -2.31. The molecule has 19 heavy (non-hydrogen) atoms. The van der Waals surface area contributed by atoms with Gasteiger partial charge in [0.25, 0.3) is 0 Å². The Kier molecular flexibility index (Phi) is 3.65. The van der Waals surface area contributed by atoms with Gasteiger partial charge in [-0.05, 0) is 44.9 Å². The number of benzene rings is 1. The van der Waals surface area contributed by atoms with E-state index in [1.807, 2.05) is 39.8 Å². The molecule has 2 unspecified atom stereocenters. The van der Waals surface area contributed by atoms with Crippen LogP contribution in [0.1, 0.15) is 61.4 Å². The number of carbonyl (C=O) groups is 1. The van der Waals surface area contributed by atoms with E-state index in [-0.39, 0.29) is 17.8 Å². The molecule has 0 heterocycles. The minimum absolute atomic E-state index is 0.215. The van der Waals surface area contributed by atoms with Crippen molar-refractivity contribution in [3.8, 4) is 0 Å². The molecule has 0 saturated heterocycles. The molecule has 2 aliphatic rings. The van der Waals surface area contributed by atoms with Crippen LogP contribution in [-0.2, 0) is 9.47 Å². The first-order valence-corrected chi connectivity index (χ1v) is 6.50. The molecule has 0 amide bonds. The number of carboxylic acid groups (broad SMARTS) is 1. The number of hydrogen-bond acceptors (Lipinski definition) is 3. The Morgan fingerprint density at radius 1 is 1.32 bits per heavy atom. The van der Waals surface area contributed by atoms with E-state index >= 15 is 0 Å². The maximum absolute atomic E-state index is 11.3. The molecule has 4 heteroatoms. The van der Waals surface area contributed by atoms with Gasteiger partial charge in [0.15, 0.2) is 0 Å². The highest BCUT2D eigenvalue weighted by Crippen LogP contribution is 2.44. The van der Waals surface area contributed by atoms with Crippen LogP contribution in [0.25, 0.3) is 0 Å². The standard InChI is InChI=1S/C15H20O4/c1-5-18-12-9-6-7-10(11(8-9)14(16)17)13(12)19-15(2,3)4/h6-8,12-13H,5H2,1-4H3,(H,16,17). The van der Waals surface area contributed by atoms with Gasteiger partial charge >= 0.3 is 5.97 Å². The van der Waals surface area contributed by atoms with E-state index in [0.717, 1.165) is 5.56 Å². The zero-order chi connectivity index (χ0) is 14.2. The van der Waals surface area contributed by atoms with Crippen molar-refractivity contribution < 1.29 is 19.4 Å². The van der Waals surface area contributed by atoms with Gasteiger partial charge in [-0.25, -0.2) is 4.79 Å². The quantitative estimate of drug-likeness (QED) is 0.906. The van der Waals surface area contributed by atoms with Gasteiger partial charge in [-0.15, -0.1) is 0 Å². The maximum atomic E-state index is 11.3. The molecule has 104 valence electrons. The number of fused-ring (bicyclic) bond motifs is 3. The molecule has 2 aliphatic carbocycles. The molecule has 4 nitrogen and oxygen atoms in total. The molecule has 2 atom stereocenters. The van der Waals surface area contributed by atoms with Gasteiger partial charge in [0.05, 0.1) is 11.2 Å². The number of ether oxygens (including phenoxy) is 2. The Morgan fingerprint density at radius 3 is 2.53 bits per heavy atom. The molecule has 0 spiro atoms. The normalized spacial score (nSPS) is 21.7. The van der Waals surface area contributed by atoms with Gasteiger partial charge in [-0.3, -0.25) is 0 Å². The molecule has 1 aromatic rings. The average Bonchev–Trinajstić information content (AvgIpc) is 2.31. The summed E-state index contributed by atoms with van der Waals surface area (Å²) in [6, 6.07) is 5.41. The summed E-state index contributed by atoms with van der Waals surface area (Å²) in [5.41, 5.74) is 1.50. The molecule has 0 fully saturated rings. The topological polar surface area (TPSA) is 55.8 Å². The van der Waals surface area contributed by atoms with Crippen molar-refractivity contribution in [3.05, 3.63) is 34.9 Å². The van der Waals surface area contributed by atoms with Gasteiger partial charge in [0, 0.05) is 6.61 Å². The van der Waals surface area contributed by atoms with E-state index in [0.29, 0.717) is 17.7 Å². The first-order valence-electron chi connectivity index (χ1n) is 6.50. The van der Waals surface area contributed by atoms with Crippen molar-refractivity contribution in [2.24, 2.45) is 0 Å². The van der Waals surface area contributed by atoms with Crippen LogP contribution < -0.4 is 0 Å². The monoisotopic (exact) mass is 264 g/mol. The van der Waals surface area contributed by atoms with Crippen LogP contribution in [0, 0.1) is 0 Å². The zero-order valence-electron chi connectivity index (χ0n) is 11.8. The van der Waals surface area contributed by atoms with E-state index in [9.17, 15) is 9.90 Å². The minimum atomic E-state index is -0.922. The summed E-state index contributed by atoms with van der Waals surface area (Å²) in [6.07, 6.45) is -0.566. The maximum Gasteiger partial charge on any atom is 0.336 e. The molecule has 0 aromatic heterocycles. The third-order valence-corrected chi connectivity index (χ3v) is 3.04. The van der Waals surface area contributed by atoms with Gasteiger partial charge in [-0.1, -0.05) is 12.1 Å². The molecule has 0 saturated carbocycles. The van der Waals surface area contributed by atoms with Crippen LogP contribution in [0.5, 0.6) is 0 Å². The number of carboxylic acids is 1. The average molecular weight is 264 g/mol. The molecule has 2 bridgehead atoms. The van der Waals surface area contributed by atoms with Crippen molar-refractivity contribution in [3.63, 3.8) is 0 Å². The Morgan fingerprint density at radius 2 is 2.00 bits per heavy atom. The van der Waals surface area contributed by atoms with Gasteiger partial charge < -0.3 is 14.6 Å². The second kappa shape index (κ2) is 4.94. The number of aromatic carboxylic acids is 1. The Hall–Kier alpha value is -1.39. The summed E-state index contributed by atoms with van der Waals surface area (Å²) >= 11 is 0. The van der Waals surface area contributed by atoms with E-state index in [4.69, 9.17) is 9.47 Å². The Bertz CT molecular complexity index is 487. The largest absolute Gasteiger partial charge is 0.478 e. The lowest BCUT2D eigenvalue weighted by molar-refractivity contribution is -0.135. The van der Waals surface area contributed by atoms with Crippen molar-refractivity contribution in [2.75, 3.05) is 6.61 Å². The van der Waals surface area contributed by atoms with Gasteiger partial charge in [0.2, 0.25) is 0 Å². The second-order valence-electron chi connectivity index (χ2n) is 5.68. The lowest BCUT2D eigenvalue weighted by Gasteiger charge is -2.37. The molecular formula is C15H20O4. The Labute approximate surface area is 113 Å². The zero-order valence-corrected chi connectivity index (χ0v) is 11.8. The van der Waals surface area contributed by atoms with Crippen LogP contribution in [0.2, 0.25) is 0 Å². The molecule has 3 rings (SSSR count). The number of hydrogen-bond donors (Lipinski definition) is 1. The third kappa shape index (κ3) is 2.80. The smallest absolute Gasteiger partial charge is 0.336 e. The second-order valence-corrected chi connectivity index (χ2v) is 5.68. The highest BCUT2D eigenvalue weighted by atomic mass is 16.6. The van der Waals surface area contributed by atoms with Crippen LogP contribution in [0.4, 0.5) is 0 Å². The van der Waals surface area contributed by atoms with Crippen molar-refractivity contribution in [2.45, 2.75) is 45.5 Å². The molecule has 0 radical (unpaired) electrons. The fourth-order valence-electron chi connectivity index (χ4n) is 2.39. The van der Waals surface area contributed by atoms with E-state index in [1.54, 1.807) is 6.07 Å². The van der Waals surface area contributed by atoms with Crippen molar-refractivity contribution in [1.82, 2.24) is 0 Å². The Balaban J connectivity index is 2.42. The molecule has 1 N–H and O–H groups in total. The van der Waals surface area contributed by atoms with Gasteiger partial charge in [-0.2, -0.15) is 0 Å².